The second kappa shape index (κ2) is 4.28. The van der Waals surface area contributed by atoms with E-state index >= 15 is 0 Å². The number of anilines is 1. The first-order chi connectivity index (χ1) is 5.92. The molecule has 0 spiro atoms. The van der Waals surface area contributed by atoms with Crippen LogP contribution in [0.1, 0.15) is 18.9 Å². The third kappa shape index (κ3) is 1.83. The molecule has 1 aliphatic heterocycles. The van der Waals surface area contributed by atoms with E-state index in [1.807, 2.05) is 0 Å². The van der Waals surface area contributed by atoms with E-state index in [4.69, 9.17) is 0 Å². The van der Waals surface area contributed by atoms with Crippen LogP contribution in [0.3, 0.4) is 0 Å². The number of rotatable bonds is 2. The average molecular weight is 178 g/mol. The summed E-state index contributed by atoms with van der Waals surface area (Å²) in [5, 5.41) is 0. The van der Waals surface area contributed by atoms with Gasteiger partial charge in [0.25, 0.3) is 0 Å². The molecular formula is C11H18N2. The van der Waals surface area contributed by atoms with Crippen LogP contribution in [0.2, 0.25) is 0 Å². The molecular weight excluding hydrogens is 160 g/mol. The van der Waals surface area contributed by atoms with Gasteiger partial charge in [0.15, 0.2) is 0 Å². The van der Waals surface area contributed by atoms with Gasteiger partial charge in [-0.2, -0.15) is 0 Å². The van der Waals surface area contributed by atoms with Crippen molar-refractivity contribution in [1.82, 2.24) is 6.15 Å². The van der Waals surface area contributed by atoms with Gasteiger partial charge in [0, 0.05) is 18.8 Å². The zero-order valence-electron chi connectivity index (χ0n) is 8.29. The number of hydrogen-bond donors (Lipinski definition) is 1. The highest BCUT2D eigenvalue weighted by Gasteiger charge is 2.16. The molecule has 0 saturated carbocycles. The molecule has 0 atom stereocenters. The molecule has 1 heterocycles. The third-order valence-corrected chi connectivity index (χ3v) is 2.48. The number of fused-ring (bicyclic) bond motifs is 1. The van der Waals surface area contributed by atoms with Gasteiger partial charge in [0.2, 0.25) is 0 Å². The molecule has 0 aliphatic carbocycles. The Balaban J connectivity index is 0.000000845. The van der Waals surface area contributed by atoms with Crippen molar-refractivity contribution in [2.24, 2.45) is 0 Å². The predicted octanol–water partition coefficient (Wildman–Crippen LogP) is 2.62. The molecule has 0 fully saturated rings. The van der Waals surface area contributed by atoms with Crippen molar-refractivity contribution in [2.75, 3.05) is 18.0 Å². The first-order valence-electron chi connectivity index (χ1n) is 4.74. The van der Waals surface area contributed by atoms with Crippen LogP contribution in [0.5, 0.6) is 0 Å². The van der Waals surface area contributed by atoms with E-state index in [1.54, 1.807) is 0 Å². The monoisotopic (exact) mass is 178 g/mol. The van der Waals surface area contributed by atoms with Gasteiger partial charge in [-0.3, -0.25) is 0 Å². The summed E-state index contributed by atoms with van der Waals surface area (Å²) in [5.74, 6) is 0. The topological polar surface area (TPSA) is 38.2 Å². The van der Waals surface area contributed by atoms with Gasteiger partial charge in [0.05, 0.1) is 0 Å². The van der Waals surface area contributed by atoms with Crippen LogP contribution in [0.25, 0.3) is 0 Å². The Kier molecular flexibility index (Phi) is 3.32. The lowest BCUT2D eigenvalue weighted by molar-refractivity contribution is 0.796. The van der Waals surface area contributed by atoms with E-state index in [1.165, 1.54) is 37.2 Å². The minimum absolute atomic E-state index is 0. The minimum atomic E-state index is 0. The van der Waals surface area contributed by atoms with Crippen molar-refractivity contribution in [3.05, 3.63) is 29.8 Å². The van der Waals surface area contributed by atoms with E-state index in [0.717, 1.165) is 0 Å². The summed E-state index contributed by atoms with van der Waals surface area (Å²) in [6.07, 6.45) is 2.48. The van der Waals surface area contributed by atoms with Gasteiger partial charge < -0.3 is 11.1 Å². The van der Waals surface area contributed by atoms with Crippen molar-refractivity contribution in [3.8, 4) is 0 Å². The molecule has 1 aliphatic rings. The summed E-state index contributed by atoms with van der Waals surface area (Å²) in [4.78, 5) is 2.48. The fourth-order valence-electron chi connectivity index (χ4n) is 1.91. The predicted molar refractivity (Wildman–Crippen MR) is 57.7 cm³/mol. The molecule has 3 N–H and O–H groups in total. The van der Waals surface area contributed by atoms with Gasteiger partial charge in [-0.25, -0.2) is 0 Å². The Hall–Kier alpha value is -1.02. The molecule has 0 unspecified atom stereocenters. The van der Waals surface area contributed by atoms with Gasteiger partial charge in [-0.05, 0) is 24.5 Å². The smallest absolute Gasteiger partial charge is 0.0399 e. The minimum Gasteiger partial charge on any atom is -0.371 e. The number of hydrogen-bond acceptors (Lipinski definition) is 2. The molecule has 2 heteroatoms. The van der Waals surface area contributed by atoms with E-state index in [2.05, 4.69) is 36.1 Å². The highest BCUT2D eigenvalue weighted by molar-refractivity contribution is 5.57. The Labute approximate surface area is 80.1 Å². The van der Waals surface area contributed by atoms with E-state index in [0.29, 0.717) is 0 Å². The standard InChI is InChI=1S/C11H15N.H3N/c1-2-8-12-9-7-10-5-3-4-6-11(10)12;/h3-6H,2,7-9H2,1H3;1H3. The lowest BCUT2D eigenvalue weighted by Crippen LogP contribution is -2.20. The molecule has 2 rings (SSSR count). The second-order valence-corrected chi connectivity index (χ2v) is 3.37. The van der Waals surface area contributed by atoms with E-state index in [9.17, 15) is 0 Å². The molecule has 72 valence electrons. The lowest BCUT2D eigenvalue weighted by Gasteiger charge is -2.17. The first-order valence-corrected chi connectivity index (χ1v) is 4.74. The first kappa shape index (κ1) is 10.1. The molecule has 0 bridgehead atoms. The maximum Gasteiger partial charge on any atom is 0.0399 e. The molecule has 1 aromatic carbocycles. The summed E-state index contributed by atoms with van der Waals surface area (Å²) >= 11 is 0. The van der Waals surface area contributed by atoms with Crippen molar-refractivity contribution in [1.29, 1.82) is 0 Å². The lowest BCUT2D eigenvalue weighted by atomic mass is 10.2. The number of nitrogens with zero attached hydrogens (tertiary/aromatic N) is 1. The van der Waals surface area contributed by atoms with Crippen molar-refractivity contribution >= 4 is 5.69 Å². The van der Waals surface area contributed by atoms with Crippen LogP contribution in [-0.4, -0.2) is 13.1 Å². The van der Waals surface area contributed by atoms with Gasteiger partial charge >= 0.3 is 0 Å². The van der Waals surface area contributed by atoms with Crippen LogP contribution in [-0.2, 0) is 6.42 Å². The fraction of sp³-hybridized carbons (Fsp3) is 0.455. The number of para-hydroxylation sites is 1. The van der Waals surface area contributed by atoms with Crippen LogP contribution < -0.4 is 11.1 Å². The average Bonchev–Trinajstić information content (AvgIpc) is 2.50. The van der Waals surface area contributed by atoms with E-state index < -0.39 is 0 Å². The van der Waals surface area contributed by atoms with Crippen LogP contribution in [0.4, 0.5) is 5.69 Å². The van der Waals surface area contributed by atoms with Crippen LogP contribution in [0, 0.1) is 0 Å². The van der Waals surface area contributed by atoms with E-state index in [-0.39, 0.29) is 6.15 Å². The Morgan fingerprint density at radius 3 is 2.85 bits per heavy atom. The second-order valence-electron chi connectivity index (χ2n) is 3.37. The Bertz CT molecular complexity index is 269. The molecule has 1 aromatic rings. The summed E-state index contributed by atoms with van der Waals surface area (Å²) in [6, 6.07) is 8.74. The largest absolute Gasteiger partial charge is 0.371 e. The van der Waals surface area contributed by atoms with Gasteiger partial charge in [-0.1, -0.05) is 25.1 Å². The SMILES string of the molecule is CCCN1CCc2ccccc21.N. The summed E-state index contributed by atoms with van der Waals surface area (Å²) < 4.78 is 0. The summed E-state index contributed by atoms with van der Waals surface area (Å²) in [7, 11) is 0. The normalized spacial score (nSPS) is 13.8. The van der Waals surface area contributed by atoms with Crippen molar-refractivity contribution < 1.29 is 0 Å². The summed E-state index contributed by atoms with van der Waals surface area (Å²) in [6.45, 7) is 4.66. The molecule has 0 amide bonds. The third-order valence-electron chi connectivity index (χ3n) is 2.48. The van der Waals surface area contributed by atoms with Crippen molar-refractivity contribution in [3.63, 3.8) is 0 Å². The highest BCUT2D eigenvalue weighted by Crippen LogP contribution is 2.26. The molecule has 0 saturated heterocycles. The maximum absolute atomic E-state index is 2.48. The maximum atomic E-state index is 2.48. The quantitative estimate of drug-likeness (QED) is 0.756. The Morgan fingerprint density at radius 2 is 2.08 bits per heavy atom. The molecule has 0 aromatic heterocycles. The van der Waals surface area contributed by atoms with Crippen LogP contribution >= 0.6 is 0 Å². The van der Waals surface area contributed by atoms with Gasteiger partial charge in [0.1, 0.15) is 0 Å². The zero-order valence-corrected chi connectivity index (χ0v) is 8.29. The van der Waals surface area contributed by atoms with Crippen LogP contribution in [0.15, 0.2) is 24.3 Å². The highest BCUT2D eigenvalue weighted by atomic mass is 15.1. The number of benzene rings is 1. The Morgan fingerprint density at radius 1 is 1.31 bits per heavy atom. The van der Waals surface area contributed by atoms with Gasteiger partial charge in [-0.15, -0.1) is 0 Å². The zero-order chi connectivity index (χ0) is 8.39. The molecule has 13 heavy (non-hydrogen) atoms. The molecule has 0 radical (unpaired) electrons. The fourth-order valence-corrected chi connectivity index (χ4v) is 1.91. The molecule has 2 nitrogen and oxygen atoms in total. The van der Waals surface area contributed by atoms with Crippen molar-refractivity contribution in [2.45, 2.75) is 19.8 Å². The summed E-state index contributed by atoms with van der Waals surface area (Å²) in [5.41, 5.74) is 2.98.